The highest BCUT2D eigenvalue weighted by Crippen LogP contribution is 2.18. The van der Waals surface area contributed by atoms with Crippen LogP contribution in [-0.4, -0.2) is 16.3 Å². The molecule has 0 bridgehead atoms. The molecule has 1 N–H and O–H groups in total. The van der Waals surface area contributed by atoms with Crippen molar-refractivity contribution >= 4 is 5.69 Å². The summed E-state index contributed by atoms with van der Waals surface area (Å²) in [6.45, 7) is 2.62. The van der Waals surface area contributed by atoms with Gasteiger partial charge in [-0.2, -0.15) is 5.10 Å². The molecule has 3 nitrogen and oxygen atoms in total. The van der Waals surface area contributed by atoms with Crippen molar-refractivity contribution in [3.63, 3.8) is 0 Å². The Labute approximate surface area is 98.1 Å². The fourth-order valence-electron chi connectivity index (χ4n) is 1.52. The smallest absolute Gasteiger partial charge is 0.146 e. The maximum Gasteiger partial charge on any atom is 0.146 e. The summed E-state index contributed by atoms with van der Waals surface area (Å²) in [4.78, 5) is 0. The number of benzene rings is 1. The molecule has 2 aromatic rings. The summed E-state index contributed by atoms with van der Waals surface area (Å²) in [5, 5.41) is 6.85. The van der Waals surface area contributed by atoms with Crippen LogP contribution in [0, 0.1) is 18.6 Å². The van der Waals surface area contributed by atoms with Crippen LogP contribution in [0.15, 0.2) is 30.6 Å². The van der Waals surface area contributed by atoms with Crippen LogP contribution in [0.25, 0.3) is 0 Å². The van der Waals surface area contributed by atoms with E-state index in [0.29, 0.717) is 18.7 Å². The van der Waals surface area contributed by atoms with E-state index < -0.39 is 11.6 Å². The highest BCUT2D eigenvalue weighted by Gasteiger charge is 2.06. The Morgan fingerprint density at radius 1 is 1.29 bits per heavy atom. The molecule has 90 valence electrons. The molecular weight excluding hydrogens is 224 g/mol. The summed E-state index contributed by atoms with van der Waals surface area (Å²) < 4.78 is 28.4. The van der Waals surface area contributed by atoms with Crippen LogP contribution in [0.2, 0.25) is 0 Å². The van der Waals surface area contributed by atoms with E-state index in [1.807, 2.05) is 12.3 Å². The topological polar surface area (TPSA) is 29.9 Å². The number of nitrogens with one attached hydrogen (secondary N) is 1. The van der Waals surface area contributed by atoms with Crippen molar-refractivity contribution in [2.75, 3.05) is 11.9 Å². The zero-order valence-electron chi connectivity index (χ0n) is 9.45. The van der Waals surface area contributed by atoms with Gasteiger partial charge in [-0.15, -0.1) is 0 Å². The van der Waals surface area contributed by atoms with Gasteiger partial charge in [0.1, 0.15) is 11.6 Å². The number of nitrogens with zero attached hydrogens (tertiary/aromatic N) is 2. The molecular formula is C12H13F2N3. The molecule has 1 aromatic heterocycles. The van der Waals surface area contributed by atoms with Crippen LogP contribution in [-0.2, 0) is 6.54 Å². The lowest BCUT2D eigenvalue weighted by Crippen LogP contribution is -2.12. The van der Waals surface area contributed by atoms with E-state index in [-0.39, 0.29) is 5.69 Å². The summed E-state index contributed by atoms with van der Waals surface area (Å²) in [5.74, 6) is -0.850. The van der Waals surface area contributed by atoms with Gasteiger partial charge >= 0.3 is 0 Å². The normalized spacial score (nSPS) is 10.5. The summed E-state index contributed by atoms with van der Waals surface area (Å²) in [6, 6.07) is 4.17. The van der Waals surface area contributed by atoms with Gasteiger partial charge in [0.25, 0.3) is 0 Å². The van der Waals surface area contributed by atoms with Crippen LogP contribution in [0.4, 0.5) is 14.5 Å². The first kappa shape index (κ1) is 11.6. The maximum atomic E-state index is 13.4. The van der Waals surface area contributed by atoms with Gasteiger partial charge in [0.05, 0.1) is 12.2 Å². The minimum Gasteiger partial charge on any atom is -0.381 e. The third kappa shape index (κ3) is 2.81. The number of halogens is 2. The van der Waals surface area contributed by atoms with E-state index in [4.69, 9.17) is 0 Å². The highest BCUT2D eigenvalue weighted by molar-refractivity contribution is 5.46. The van der Waals surface area contributed by atoms with Gasteiger partial charge in [-0.1, -0.05) is 0 Å². The molecule has 0 radical (unpaired) electrons. The molecule has 17 heavy (non-hydrogen) atoms. The monoisotopic (exact) mass is 237 g/mol. The van der Waals surface area contributed by atoms with Crippen molar-refractivity contribution < 1.29 is 8.78 Å². The number of hydrogen-bond acceptors (Lipinski definition) is 2. The molecule has 0 aliphatic rings. The zero-order valence-corrected chi connectivity index (χ0v) is 9.45. The quantitative estimate of drug-likeness (QED) is 0.885. The second kappa shape index (κ2) is 4.95. The predicted molar refractivity (Wildman–Crippen MR) is 61.8 cm³/mol. The number of aryl methyl sites for hydroxylation is 1. The number of anilines is 1. The van der Waals surface area contributed by atoms with E-state index in [2.05, 4.69) is 10.4 Å². The predicted octanol–water partition coefficient (Wildman–Crippen LogP) is 2.58. The molecule has 0 saturated carbocycles. The minimum atomic E-state index is -0.440. The van der Waals surface area contributed by atoms with Crippen molar-refractivity contribution in [2.45, 2.75) is 13.5 Å². The Morgan fingerprint density at radius 3 is 2.82 bits per heavy atom. The van der Waals surface area contributed by atoms with E-state index in [0.717, 1.165) is 0 Å². The van der Waals surface area contributed by atoms with Crippen LogP contribution in [0.5, 0.6) is 0 Å². The van der Waals surface area contributed by atoms with Crippen LogP contribution >= 0.6 is 0 Å². The molecule has 0 fully saturated rings. The van der Waals surface area contributed by atoms with E-state index >= 15 is 0 Å². The average molecular weight is 237 g/mol. The maximum absolute atomic E-state index is 13.4. The minimum absolute atomic E-state index is 0.181. The molecule has 2 rings (SSSR count). The van der Waals surface area contributed by atoms with Crippen molar-refractivity contribution in [3.8, 4) is 0 Å². The molecule has 1 heterocycles. The Kier molecular flexibility index (Phi) is 3.37. The standard InChI is InChI=1S/C12H13F2N3/c1-9-7-11(14)12(8-10(9)13)15-4-6-17-5-2-3-16-17/h2-3,5,7-8,15H,4,6H2,1H3. The Balaban J connectivity index is 1.97. The molecule has 1 aromatic carbocycles. The molecule has 0 spiro atoms. The second-order valence-corrected chi connectivity index (χ2v) is 3.78. The Morgan fingerprint density at radius 2 is 2.12 bits per heavy atom. The van der Waals surface area contributed by atoms with Gasteiger partial charge in [-0.25, -0.2) is 8.78 Å². The van der Waals surface area contributed by atoms with Gasteiger partial charge in [-0.05, 0) is 24.6 Å². The van der Waals surface area contributed by atoms with Gasteiger partial charge in [0, 0.05) is 25.0 Å². The van der Waals surface area contributed by atoms with E-state index in [1.54, 1.807) is 10.9 Å². The number of rotatable bonds is 4. The number of aromatic nitrogens is 2. The van der Waals surface area contributed by atoms with Crippen molar-refractivity contribution in [1.29, 1.82) is 0 Å². The van der Waals surface area contributed by atoms with E-state index in [9.17, 15) is 8.78 Å². The highest BCUT2D eigenvalue weighted by atomic mass is 19.1. The van der Waals surface area contributed by atoms with Crippen molar-refractivity contribution in [2.24, 2.45) is 0 Å². The third-order valence-corrected chi connectivity index (χ3v) is 2.46. The van der Waals surface area contributed by atoms with Gasteiger partial charge in [0.15, 0.2) is 0 Å². The van der Waals surface area contributed by atoms with Gasteiger partial charge in [0.2, 0.25) is 0 Å². The fraction of sp³-hybridized carbons (Fsp3) is 0.250. The lowest BCUT2D eigenvalue weighted by atomic mass is 10.2. The Hall–Kier alpha value is -1.91. The first-order chi connectivity index (χ1) is 8.16. The van der Waals surface area contributed by atoms with Gasteiger partial charge in [-0.3, -0.25) is 4.68 Å². The lowest BCUT2D eigenvalue weighted by molar-refractivity contribution is 0.591. The first-order valence-corrected chi connectivity index (χ1v) is 5.34. The molecule has 0 unspecified atom stereocenters. The summed E-state index contributed by atoms with van der Waals surface area (Å²) in [5.41, 5.74) is 0.486. The molecule has 0 atom stereocenters. The lowest BCUT2D eigenvalue weighted by Gasteiger charge is -2.09. The summed E-state index contributed by atoms with van der Waals surface area (Å²) >= 11 is 0. The van der Waals surface area contributed by atoms with E-state index in [1.165, 1.54) is 19.1 Å². The average Bonchev–Trinajstić information content (AvgIpc) is 2.78. The van der Waals surface area contributed by atoms with Gasteiger partial charge < -0.3 is 5.32 Å². The molecule has 5 heteroatoms. The molecule has 0 saturated heterocycles. The molecule has 0 aliphatic heterocycles. The van der Waals surface area contributed by atoms with Crippen molar-refractivity contribution in [3.05, 3.63) is 47.8 Å². The Bertz CT molecular complexity index is 495. The summed E-state index contributed by atoms with van der Waals surface area (Å²) in [7, 11) is 0. The third-order valence-electron chi connectivity index (χ3n) is 2.46. The van der Waals surface area contributed by atoms with Crippen LogP contribution in [0.3, 0.4) is 0 Å². The van der Waals surface area contributed by atoms with Crippen molar-refractivity contribution in [1.82, 2.24) is 9.78 Å². The SMILES string of the molecule is Cc1cc(F)c(NCCn2cccn2)cc1F. The largest absolute Gasteiger partial charge is 0.381 e. The fourth-order valence-corrected chi connectivity index (χ4v) is 1.52. The van der Waals surface area contributed by atoms with Crippen LogP contribution < -0.4 is 5.32 Å². The molecule has 0 amide bonds. The molecule has 0 aliphatic carbocycles. The second-order valence-electron chi connectivity index (χ2n) is 3.78. The summed E-state index contributed by atoms with van der Waals surface area (Å²) in [6.07, 6.45) is 3.49. The zero-order chi connectivity index (χ0) is 12.3. The first-order valence-electron chi connectivity index (χ1n) is 5.34. The van der Waals surface area contributed by atoms with Crippen LogP contribution in [0.1, 0.15) is 5.56 Å². The number of hydrogen-bond donors (Lipinski definition) is 1.